The highest BCUT2D eigenvalue weighted by atomic mass is 15.1. The molecule has 402 valence electrons. The standard InChI is InChI=1S/C84H56N2/c1-5-27-62(28-6-1)83(63-29-7-2-8-30-63)75-41-18-15-37-69(75)71-53-51-67(56-77(71)83)85(78-44-22-25-59-24-13-14-36-68(59)78)66-35-21-26-60(54-66)57-46-48-58(49-47-57)61-50-52-73-72-39-17-20-43-79(72)86(81(73)55-61)80-45-23-40-74-70-38-16-19-42-76(70)84(82(74)80,64-31-9-3-10-32-64)65-33-11-4-12-34-65/h1-56H. The van der Waals surface area contributed by atoms with Gasteiger partial charge in [0.2, 0.25) is 0 Å². The molecule has 0 saturated carbocycles. The molecule has 2 aliphatic carbocycles. The van der Waals surface area contributed by atoms with Gasteiger partial charge in [0.05, 0.1) is 33.2 Å². The van der Waals surface area contributed by atoms with Crippen LogP contribution in [0.1, 0.15) is 44.5 Å². The Labute approximate surface area is 501 Å². The highest BCUT2D eigenvalue weighted by Crippen LogP contribution is 2.60. The molecular formula is C84H56N2. The van der Waals surface area contributed by atoms with Gasteiger partial charge >= 0.3 is 0 Å². The van der Waals surface area contributed by atoms with Crippen molar-refractivity contribution in [1.29, 1.82) is 0 Å². The monoisotopic (exact) mass is 1090 g/mol. The van der Waals surface area contributed by atoms with E-state index in [4.69, 9.17) is 0 Å². The molecule has 0 saturated heterocycles. The first-order valence-electron chi connectivity index (χ1n) is 29.9. The summed E-state index contributed by atoms with van der Waals surface area (Å²) in [4.78, 5) is 2.48. The van der Waals surface area contributed by atoms with Crippen molar-refractivity contribution < 1.29 is 0 Å². The van der Waals surface area contributed by atoms with Crippen molar-refractivity contribution in [3.8, 4) is 50.2 Å². The number of nitrogens with zero attached hydrogens (tertiary/aromatic N) is 2. The Hall–Kier alpha value is -11.1. The fraction of sp³-hybridized carbons (Fsp3) is 0.0238. The first-order valence-corrected chi connectivity index (χ1v) is 29.9. The van der Waals surface area contributed by atoms with Crippen molar-refractivity contribution in [3.63, 3.8) is 0 Å². The molecule has 2 heteroatoms. The third kappa shape index (κ3) is 7.33. The second-order valence-electron chi connectivity index (χ2n) is 23.0. The van der Waals surface area contributed by atoms with Crippen LogP contribution in [0.4, 0.5) is 17.1 Å². The van der Waals surface area contributed by atoms with Crippen LogP contribution in [0.25, 0.3) is 82.8 Å². The summed E-state index contributed by atoms with van der Waals surface area (Å²) in [7, 11) is 0. The molecule has 86 heavy (non-hydrogen) atoms. The number of hydrogen-bond donors (Lipinski definition) is 0. The van der Waals surface area contributed by atoms with E-state index >= 15 is 0 Å². The van der Waals surface area contributed by atoms with Crippen LogP contribution in [0.5, 0.6) is 0 Å². The Kier molecular flexibility index (Phi) is 11.4. The Morgan fingerprint density at radius 1 is 0.256 bits per heavy atom. The maximum Gasteiger partial charge on any atom is 0.0734 e. The second-order valence-corrected chi connectivity index (χ2v) is 23.0. The van der Waals surface area contributed by atoms with Gasteiger partial charge in [-0.3, -0.25) is 0 Å². The van der Waals surface area contributed by atoms with Gasteiger partial charge in [-0.05, 0) is 137 Å². The van der Waals surface area contributed by atoms with E-state index in [1.807, 2.05) is 0 Å². The molecule has 0 bridgehead atoms. The predicted octanol–water partition coefficient (Wildman–Crippen LogP) is 21.5. The van der Waals surface area contributed by atoms with Gasteiger partial charge < -0.3 is 9.47 Å². The van der Waals surface area contributed by atoms with Crippen molar-refractivity contribution in [3.05, 3.63) is 384 Å². The van der Waals surface area contributed by atoms with Crippen molar-refractivity contribution in [1.82, 2.24) is 4.57 Å². The number of aromatic nitrogens is 1. The zero-order chi connectivity index (χ0) is 56.8. The van der Waals surface area contributed by atoms with E-state index in [2.05, 4.69) is 349 Å². The summed E-state index contributed by atoms with van der Waals surface area (Å²) in [6.07, 6.45) is 0. The van der Waals surface area contributed by atoms with E-state index < -0.39 is 10.8 Å². The number of rotatable bonds is 10. The van der Waals surface area contributed by atoms with Gasteiger partial charge in [-0.1, -0.05) is 291 Å². The summed E-state index contributed by atoms with van der Waals surface area (Å²) in [6.45, 7) is 0. The number of hydrogen-bond acceptors (Lipinski definition) is 1. The fourth-order valence-corrected chi connectivity index (χ4v) is 15.2. The first-order chi connectivity index (χ1) is 42.7. The predicted molar refractivity (Wildman–Crippen MR) is 358 cm³/mol. The Morgan fingerprint density at radius 2 is 0.721 bits per heavy atom. The lowest BCUT2D eigenvalue weighted by Crippen LogP contribution is -2.29. The summed E-state index contributed by atoms with van der Waals surface area (Å²) in [5.74, 6) is 0. The molecule has 1 heterocycles. The second kappa shape index (κ2) is 19.8. The van der Waals surface area contributed by atoms with Crippen molar-refractivity contribution in [2.45, 2.75) is 10.8 Å². The van der Waals surface area contributed by atoms with E-state index in [-0.39, 0.29) is 0 Å². The number of anilines is 3. The lowest BCUT2D eigenvalue weighted by Gasteiger charge is -2.35. The molecule has 0 amide bonds. The first kappa shape index (κ1) is 49.5. The molecule has 0 spiro atoms. The van der Waals surface area contributed by atoms with E-state index in [9.17, 15) is 0 Å². The molecule has 15 aromatic rings. The molecule has 1 aromatic heterocycles. The van der Waals surface area contributed by atoms with Gasteiger partial charge in [-0.15, -0.1) is 0 Å². The topological polar surface area (TPSA) is 8.17 Å². The van der Waals surface area contributed by atoms with Crippen LogP contribution in [0.3, 0.4) is 0 Å². The van der Waals surface area contributed by atoms with Crippen LogP contribution < -0.4 is 4.90 Å². The van der Waals surface area contributed by atoms with Crippen molar-refractivity contribution in [2.24, 2.45) is 0 Å². The highest BCUT2D eigenvalue weighted by Gasteiger charge is 2.49. The summed E-state index contributed by atoms with van der Waals surface area (Å²) in [5.41, 5.74) is 25.6. The summed E-state index contributed by atoms with van der Waals surface area (Å²) in [5, 5.41) is 4.85. The molecule has 14 aromatic carbocycles. The minimum Gasteiger partial charge on any atom is -0.310 e. The van der Waals surface area contributed by atoms with E-state index in [1.165, 1.54) is 105 Å². The molecule has 2 aliphatic rings. The fourth-order valence-electron chi connectivity index (χ4n) is 15.2. The molecule has 0 aliphatic heterocycles. The summed E-state index contributed by atoms with van der Waals surface area (Å²) >= 11 is 0. The van der Waals surface area contributed by atoms with Crippen molar-refractivity contribution in [2.75, 3.05) is 4.90 Å². The van der Waals surface area contributed by atoms with Crippen molar-refractivity contribution >= 4 is 49.6 Å². The quantitative estimate of drug-likeness (QED) is 0.132. The minimum atomic E-state index is -0.566. The number of para-hydroxylation sites is 1. The Balaban J connectivity index is 0.798. The van der Waals surface area contributed by atoms with Gasteiger partial charge in [-0.2, -0.15) is 0 Å². The van der Waals surface area contributed by atoms with Gasteiger partial charge in [0.15, 0.2) is 0 Å². The average Bonchev–Trinajstić information content (AvgIpc) is 1.56. The summed E-state index contributed by atoms with van der Waals surface area (Å²) in [6, 6.07) is 126. The Morgan fingerprint density at radius 3 is 1.40 bits per heavy atom. The highest BCUT2D eigenvalue weighted by molar-refractivity contribution is 6.11. The molecule has 0 atom stereocenters. The zero-order valence-electron chi connectivity index (χ0n) is 47.2. The molecular weight excluding hydrogens is 1040 g/mol. The van der Waals surface area contributed by atoms with Gasteiger partial charge in [0.25, 0.3) is 0 Å². The van der Waals surface area contributed by atoms with E-state index in [1.54, 1.807) is 0 Å². The zero-order valence-corrected chi connectivity index (χ0v) is 47.2. The van der Waals surface area contributed by atoms with Crippen LogP contribution in [0.15, 0.2) is 340 Å². The Bertz CT molecular complexity index is 5010. The van der Waals surface area contributed by atoms with Crippen LogP contribution in [0, 0.1) is 0 Å². The normalized spacial score (nSPS) is 13.3. The molecule has 0 unspecified atom stereocenters. The SMILES string of the molecule is c1ccc(C2(c3ccccc3)c3ccccc3-c3ccc(N(c4cccc(-c5ccc(-c6ccc7c8ccccc8n(-c8cccc9c8C(c8ccccc8)(c8ccccc8)c8ccccc8-9)c7c6)cc5)c4)c4cccc5ccccc45)cc32)cc1. The van der Waals surface area contributed by atoms with Gasteiger partial charge in [0, 0.05) is 33.1 Å². The summed E-state index contributed by atoms with van der Waals surface area (Å²) < 4.78 is 2.55. The van der Waals surface area contributed by atoms with Crippen LogP contribution in [0.2, 0.25) is 0 Å². The maximum atomic E-state index is 2.55. The lowest BCUT2D eigenvalue weighted by atomic mass is 9.67. The smallest absolute Gasteiger partial charge is 0.0734 e. The molecule has 0 radical (unpaired) electrons. The maximum absolute atomic E-state index is 2.55. The molecule has 0 fully saturated rings. The minimum absolute atomic E-state index is 0.537. The molecule has 0 N–H and O–H groups in total. The van der Waals surface area contributed by atoms with E-state index in [0.29, 0.717) is 0 Å². The van der Waals surface area contributed by atoms with Gasteiger partial charge in [0.1, 0.15) is 0 Å². The largest absolute Gasteiger partial charge is 0.310 e. The van der Waals surface area contributed by atoms with Gasteiger partial charge in [-0.25, -0.2) is 0 Å². The van der Waals surface area contributed by atoms with Crippen LogP contribution in [-0.2, 0) is 10.8 Å². The number of benzene rings is 14. The average molecular weight is 1090 g/mol. The van der Waals surface area contributed by atoms with Crippen LogP contribution in [-0.4, -0.2) is 4.57 Å². The number of fused-ring (bicyclic) bond motifs is 10. The third-order valence-electron chi connectivity index (χ3n) is 18.7. The molecule has 17 rings (SSSR count). The molecule has 2 nitrogen and oxygen atoms in total. The third-order valence-corrected chi connectivity index (χ3v) is 18.7. The lowest BCUT2D eigenvalue weighted by molar-refractivity contribution is 0.762. The van der Waals surface area contributed by atoms with Crippen LogP contribution >= 0.6 is 0 Å². The van der Waals surface area contributed by atoms with E-state index in [0.717, 1.165) is 39.3 Å².